The van der Waals surface area contributed by atoms with Gasteiger partial charge in [-0.1, -0.05) is 211 Å². The smallest absolute Gasteiger partial charge is 0.346 e. The number of hydrogen-bond acceptors (Lipinski definition) is 16. The van der Waals surface area contributed by atoms with Crippen molar-refractivity contribution in [3.8, 4) is 0 Å². The van der Waals surface area contributed by atoms with Gasteiger partial charge in [0.25, 0.3) is 23.6 Å². The molecule has 4 amide bonds. The van der Waals surface area contributed by atoms with Gasteiger partial charge in [-0.05, 0) is 133 Å². The molecule has 6 heterocycles. The van der Waals surface area contributed by atoms with Crippen LogP contribution >= 0.6 is 92.0 Å². The van der Waals surface area contributed by atoms with Gasteiger partial charge in [0.05, 0.1) is 44.5 Å². The fraction of sp³-hybridized carbons (Fsp3) is 0.191. The van der Waals surface area contributed by atoms with E-state index in [1.807, 2.05) is 48.5 Å². The number of amides is 4. The first-order valence-electron chi connectivity index (χ1n) is 36.5. The molecule has 0 spiro atoms. The minimum atomic E-state index is -0.699. The van der Waals surface area contributed by atoms with Gasteiger partial charge in [0.15, 0.2) is 0 Å². The van der Waals surface area contributed by atoms with Crippen molar-refractivity contribution in [1.29, 1.82) is 0 Å². The summed E-state index contributed by atoms with van der Waals surface area (Å²) in [6.45, 7) is 7.10. The monoisotopic (exact) mass is 1890 g/mol. The van der Waals surface area contributed by atoms with Crippen LogP contribution < -0.4 is 5.32 Å². The number of imide groups is 2. The van der Waals surface area contributed by atoms with Gasteiger partial charge in [-0.25, -0.2) is 38.4 Å². The van der Waals surface area contributed by atoms with Gasteiger partial charge < -0.3 is 18.9 Å². The van der Waals surface area contributed by atoms with Crippen LogP contribution in [0.5, 0.6) is 0 Å². The third-order valence-electron chi connectivity index (χ3n) is 22.3. The molecule has 0 saturated carbocycles. The van der Waals surface area contributed by atoms with E-state index in [0.29, 0.717) is 119 Å². The molecule has 21 rings (SSSR count). The quantitative estimate of drug-likeness (QED) is 0.0227. The molecule has 1 N–H and O–H groups in total. The van der Waals surface area contributed by atoms with Gasteiger partial charge in [0, 0.05) is 150 Å². The maximum absolute atomic E-state index is 13.8. The largest absolute Gasteiger partial charge is 0.386 e. The molecule has 0 atom stereocenters. The second kappa shape index (κ2) is 29.7. The van der Waals surface area contributed by atoms with E-state index >= 15 is 0 Å². The van der Waals surface area contributed by atoms with E-state index in [1.165, 1.54) is 62.7 Å². The molecular formula is C89H60Br6N2O16. The number of carbonyl (C=O) groups excluding carboxylic acids is 12. The normalized spacial score (nSPS) is 14.5. The van der Waals surface area contributed by atoms with E-state index in [1.54, 1.807) is 72.8 Å². The zero-order chi connectivity index (χ0) is 78.5. The van der Waals surface area contributed by atoms with Crippen LogP contribution in [0.15, 0.2) is 139 Å². The average Bonchev–Trinajstić information content (AvgIpc) is 0.693. The molecule has 15 aromatic rings. The predicted molar refractivity (Wildman–Crippen MR) is 457 cm³/mol. The molecule has 15 aromatic carbocycles. The van der Waals surface area contributed by atoms with Crippen molar-refractivity contribution in [1.82, 2.24) is 10.2 Å². The van der Waals surface area contributed by atoms with Crippen molar-refractivity contribution in [2.24, 2.45) is 0 Å². The first-order chi connectivity index (χ1) is 54.1. The summed E-state index contributed by atoms with van der Waals surface area (Å²) in [5.41, 5.74) is 4.53. The van der Waals surface area contributed by atoms with Gasteiger partial charge in [-0.2, -0.15) is 0 Å². The van der Waals surface area contributed by atoms with E-state index in [-0.39, 0.29) is 19.2 Å². The number of hydrogen-bond donors (Lipinski definition) is 1. The lowest BCUT2D eigenvalue weighted by atomic mass is 9.82. The number of cyclic esters (lactones) is 8. The number of nitrogens with one attached hydrogen (secondary N) is 1. The maximum Gasteiger partial charge on any atom is 0.346 e. The lowest BCUT2D eigenvalue weighted by Crippen LogP contribution is -2.41. The van der Waals surface area contributed by atoms with Crippen LogP contribution in [0.1, 0.15) is 230 Å². The van der Waals surface area contributed by atoms with Crippen LogP contribution in [0.2, 0.25) is 0 Å². The lowest BCUT2D eigenvalue weighted by molar-refractivity contribution is 0.0373. The Hall–Kier alpha value is -10.1. The van der Waals surface area contributed by atoms with E-state index in [4.69, 9.17) is 18.9 Å². The first kappa shape index (κ1) is 76.9. The fourth-order valence-electron chi connectivity index (χ4n) is 17.5. The van der Waals surface area contributed by atoms with Crippen molar-refractivity contribution >= 4 is 293 Å². The number of nitrogens with zero attached hydrogens (tertiary/aromatic N) is 1. The molecule has 24 heteroatoms. The number of fused-ring (bicyclic) bond motifs is 6. The summed E-state index contributed by atoms with van der Waals surface area (Å²) in [6.07, 6.45) is 14.9. The number of unbranched alkanes of at least 4 members (excludes halogenated alkanes) is 10. The molecule has 18 nitrogen and oxygen atoms in total. The number of benzene rings is 15. The molecule has 564 valence electrons. The second-order valence-electron chi connectivity index (χ2n) is 28.3. The van der Waals surface area contributed by atoms with E-state index in [2.05, 4.69) is 118 Å². The average molecular weight is 1890 g/mol. The Morgan fingerprint density at radius 2 is 0.496 bits per heavy atom. The first-order valence-corrected chi connectivity index (χ1v) is 43.3. The van der Waals surface area contributed by atoms with Crippen LogP contribution in [0.25, 0.3) is 129 Å². The van der Waals surface area contributed by atoms with Gasteiger partial charge in [0.1, 0.15) is 0 Å². The Morgan fingerprint density at radius 1 is 0.257 bits per heavy atom. The zero-order valence-electron chi connectivity index (χ0n) is 59.5. The Bertz CT molecular complexity index is 6540. The highest BCUT2D eigenvalue weighted by atomic mass is 80.9. The number of rotatable bonds is 12. The highest BCUT2D eigenvalue weighted by Crippen LogP contribution is 2.54. The lowest BCUT2D eigenvalue weighted by Gasteiger charge is -2.29. The molecule has 113 heavy (non-hydrogen) atoms. The number of ether oxygens (including phenoxy) is 4. The summed E-state index contributed by atoms with van der Waals surface area (Å²) in [7, 11) is 0. The number of carbonyl (C=O) groups is 12. The minimum Gasteiger partial charge on any atom is -0.386 e. The van der Waals surface area contributed by atoms with Crippen molar-refractivity contribution in [3.05, 3.63) is 206 Å². The van der Waals surface area contributed by atoms with Crippen molar-refractivity contribution in [2.75, 3.05) is 6.54 Å². The molecular weight excluding hydrogens is 1830 g/mol. The van der Waals surface area contributed by atoms with E-state index in [0.717, 1.165) is 121 Å². The van der Waals surface area contributed by atoms with Gasteiger partial charge in [-0.15, -0.1) is 0 Å². The topological polar surface area (TPSA) is 257 Å². The van der Waals surface area contributed by atoms with Crippen LogP contribution in [0, 0.1) is 0 Å². The van der Waals surface area contributed by atoms with Crippen LogP contribution in [0.4, 0.5) is 0 Å². The van der Waals surface area contributed by atoms with Gasteiger partial charge in [-0.3, -0.25) is 29.4 Å². The van der Waals surface area contributed by atoms with Crippen LogP contribution in [0.3, 0.4) is 0 Å². The third-order valence-corrected chi connectivity index (χ3v) is 24.8. The minimum absolute atomic E-state index is 0. The molecule has 0 bridgehead atoms. The summed E-state index contributed by atoms with van der Waals surface area (Å²) < 4.78 is 22.3. The fourth-order valence-corrected chi connectivity index (χ4v) is 20.0. The van der Waals surface area contributed by atoms with Crippen molar-refractivity contribution in [3.63, 3.8) is 0 Å². The standard InChI is InChI=1S/C32H24Br2N2O4.C24H6Br2O6.C24H8O6.C8H18.CH4.Br2/c1-2-3-4-5-6-7-12-36-31(39)18-11-9-16-25-21(33)13-19-23-17(29(37)35-30(19)38)10-8-15(27(23)25)26-22(34)14-20(32(36)40)24(18)28(16)26;25-13-5-12-16-10(22(28)32-24(12)30)4-2-8-18-14(26)6-11-15-9(21(27)31-23(11)29)3-1-7(19(15)18)17(13)20(8)16;25-21-13-5-1-9-10-2-6-15-20-16(24(28)30-23(15)27)8-4-12(18(10)20)11-3-7-14(22(26)29-21)19(13)17(9)11;1-3-5-7-8-6-4-2;;1-2/h8-11,13-14H,2-7,12H2,1H3,(H,35,37,38);1-6H;1-8H;3-8H2,1-2H3;1H4;. The Morgan fingerprint density at radius 3 is 0.841 bits per heavy atom. The number of halogens is 6. The van der Waals surface area contributed by atoms with Crippen LogP contribution in [-0.2, 0) is 18.9 Å². The SMILES string of the molecule is BrBr.C.CCCCCCCC.CCCCCCCCN1C(=O)c2ccc3c4c(Br)cc5c6c(ccc(c7c(Br)cc(c2c37)C1=O)c64)C(=O)NC5=O.O=C1OC(=O)c2cc(Br)c3c4ccc5c6c(cc(Br)c(c7ccc1c2c73)c64)C(=O)OC5=O.O=C1OC(=O)c2ccc3c4ccc5c6c(ccc(c7ccc1c2c73)c64)C(=O)OC5=O. The molecule has 6 aliphatic heterocycles. The Kier molecular flexibility index (Phi) is 20.2. The van der Waals surface area contributed by atoms with Crippen molar-refractivity contribution < 1.29 is 76.5 Å². The number of esters is 8. The molecule has 0 aliphatic carbocycles. The third kappa shape index (κ3) is 11.7. The molecule has 0 unspecified atom stereocenters. The summed E-state index contributed by atoms with van der Waals surface area (Å²) in [4.78, 5) is 154. The Labute approximate surface area is 691 Å². The van der Waals surface area contributed by atoms with Gasteiger partial charge in [0.2, 0.25) is 0 Å². The second-order valence-corrected chi connectivity index (χ2v) is 31.8. The highest BCUT2D eigenvalue weighted by molar-refractivity contribution is 9.93. The van der Waals surface area contributed by atoms with E-state index < -0.39 is 59.6 Å². The van der Waals surface area contributed by atoms with Crippen LogP contribution in [-0.4, -0.2) is 82.8 Å². The summed E-state index contributed by atoms with van der Waals surface area (Å²) >= 11 is 20.1. The zero-order valence-corrected chi connectivity index (χ0v) is 69.0. The van der Waals surface area contributed by atoms with Crippen molar-refractivity contribution in [2.45, 2.75) is 105 Å². The summed E-state index contributed by atoms with van der Waals surface area (Å²) in [5.74, 6) is -6.83. The molecule has 0 aromatic heterocycles. The molecule has 0 radical (unpaired) electrons. The summed E-state index contributed by atoms with van der Waals surface area (Å²) in [5, 5.41) is 20.4. The molecule has 0 saturated heterocycles. The molecule has 6 aliphatic rings. The van der Waals surface area contributed by atoms with E-state index in [9.17, 15) is 57.5 Å². The predicted octanol–water partition coefficient (Wildman–Crippen LogP) is 24.0. The summed E-state index contributed by atoms with van der Waals surface area (Å²) in [6, 6.07) is 35.0. The van der Waals surface area contributed by atoms with Gasteiger partial charge >= 0.3 is 47.8 Å². The highest BCUT2D eigenvalue weighted by Gasteiger charge is 2.40. The maximum atomic E-state index is 13.8. The molecule has 0 fully saturated rings. The Balaban J connectivity index is 0.000000121.